The highest BCUT2D eigenvalue weighted by Gasteiger charge is 2.29. The quantitative estimate of drug-likeness (QED) is 0.879. The van der Waals surface area contributed by atoms with Crippen LogP contribution in [0.4, 0.5) is 4.79 Å². The van der Waals surface area contributed by atoms with Crippen molar-refractivity contribution in [2.24, 2.45) is 0 Å². The molecule has 5 nitrogen and oxygen atoms in total. The van der Waals surface area contributed by atoms with Crippen molar-refractivity contribution in [2.45, 2.75) is 77.7 Å². The molecule has 124 valence electrons. The molecule has 1 aliphatic rings. The third-order valence-electron chi connectivity index (χ3n) is 3.96. The van der Waals surface area contributed by atoms with E-state index in [0.29, 0.717) is 6.04 Å². The van der Waals surface area contributed by atoms with Crippen LogP contribution in [0.1, 0.15) is 52.5 Å². The van der Waals surface area contributed by atoms with Gasteiger partial charge in [-0.1, -0.05) is 0 Å². The molecular formula is C17H29N3O2. The summed E-state index contributed by atoms with van der Waals surface area (Å²) in [6, 6.07) is 2.61. The molecule has 2 atom stereocenters. The van der Waals surface area contributed by atoms with Crippen LogP contribution in [-0.2, 0) is 17.8 Å². The van der Waals surface area contributed by atoms with Gasteiger partial charge in [-0.05, 0) is 58.6 Å². The fraction of sp³-hybridized carbons (Fsp3) is 0.706. The van der Waals surface area contributed by atoms with E-state index in [-0.39, 0.29) is 12.1 Å². The second kappa shape index (κ2) is 7.18. The summed E-state index contributed by atoms with van der Waals surface area (Å²) in [7, 11) is 0. The Balaban J connectivity index is 1.81. The van der Waals surface area contributed by atoms with Gasteiger partial charge < -0.3 is 19.9 Å². The summed E-state index contributed by atoms with van der Waals surface area (Å²) < 4.78 is 7.52. The van der Waals surface area contributed by atoms with Crippen LogP contribution in [0.5, 0.6) is 0 Å². The minimum atomic E-state index is -0.450. The van der Waals surface area contributed by atoms with Gasteiger partial charge in [-0.15, -0.1) is 0 Å². The molecule has 1 aliphatic carbocycles. The maximum Gasteiger partial charge on any atom is 0.407 e. The standard InChI is InChI=1S/C17H29N3O2/c1-5-20-10-9-13(12-20)11-18-14-7-6-8-15(14)19-16(21)22-17(2,3)4/h9-10,12,14-15,18H,5-8,11H2,1-4H3,(H,19,21). The number of hydrogen-bond donors (Lipinski definition) is 2. The van der Waals surface area contributed by atoms with Crippen LogP contribution < -0.4 is 10.6 Å². The molecule has 1 fully saturated rings. The van der Waals surface area contributed by atoms with Gasteiger partial charge >= 0.3 is 6.09 Å². The van der Waals surface area contributed by atoms with Crippen molar-refractivity contribution < 1.29 is 9.53 Å². The van der Waals surface area contributed by atoms with Crippen LogP contribution in [0.15, 0.2) is 18.5 Å². The average Bonchev–Trinajstić information content (AvgIpc) is 3.02. The van der Waals surface area contributed by atoms with Crippen LogP contribution in [-0.4, -0.2) is 28.3 Å². The molecule has 0 saturated heterocycles. The molecule has 2 unspecified atom stereocenters. The number of carbonyl (C=O) groups excluding carboxylic acids is 1. The van der Waals surface area contributed by atoms with E-state index in [1.807, 2.05) is 20.8 Å². The third-order valence-corrected chi connectivity index (χ3v) is 3.96. The number of amides is 1. The summed E-state index contributed by atoms with van der Waals surface area (Å²) in [4.78, 5) is 11.9. The van der Waals surface area contributed by atoms with Gasteiger partial charge in [-0.2, -0.15) is 0 Å². The minimum absolute atomic E-state index is 0.156. The number of ether oxygens (including phenoxy) is 1. The Bertz CT molecular complexity index is 490. The SMILES string of the molecule is CCn1ccc(CNC2CCCC2NC(=O)OC(C)(C)C)c1. The fourth-order valence-corrected chi connectivity index (χ4v) is 2.88. The van der Waals surface area contributed by atoms with Crippen LogP contribution in [0.25, 0.3) is 0 Å². The number of aromatic nitrogens is 1. The molecule has 0 aromatic carbocycles. The Morgan fingerprint density at radius 1 is 1.36 bits per heavy atom. The van der Waals surface area contributed by atoms with Gasteiger partial charge in [0.2, 0.25) is 0 Å². The molecule has 22 heavy (non-hydrogen) atoms. The van der Waals surface area contributed by atoms with E-state index in [4.69, 9.17) is 4.74 Å². The molecule has 2 N–H and O–H groups in total. The largest absolute Gasteiger partial charge is 0.444 e. The Hall–Kier alpha value is -1.49. The molecule has 0 aliphatic heterocycles. The topological polar surface area (TPSA) is 55.3 Å². The van der Waals surface area contributed by atoms with Crippen molar-refractivity contribution in [1.82, 2.24) is 15.2 Å². The first-order valence-corrected chi connectivity index (χ1v) is 8.25. The number of aryl methyl sites for hydroxylation is 1. The van der Waals surface area contributed by atoms with E-state index >= 15 is 0 Å². The minimum Gasteiger partial charge on any atom is -0.444 e. The molecule has 0 radical (unpaired) electrons. The van der Waals surface area contributed by atoms with Gasteiger partial charge in [0.1, 0.15) is 5.60 Å². The summed E-state index contributed by atoms with van der Waals surface area (Å²) >= 11 is 0. The van der Waals surface area contributed by atoms with E-state index in [0.717, 1.165) is 32.4 Å². The predicted octanol–water partition coefficient (Wildman–Crippen LogP) is 3.04. The van der Waals surface area contributed by atoms with Gasteiger partial charge in [0, 0.05) is 37.6 Å². The average molecular weight is 307 g/mol. The third kappa shape index (κ3) is 5.05. The number of alkyl carbamates (subject to hydrolysis) is 1. The smallest absolute Gasteiger partial charge is 0.407 e. The normalized spacial score (nSPS) is 21.8. The van der Waals surface area contributed by atoms with Gasteiger partial charge in [-0.3, -0.25) is 0 Å². The number of carbonyl (C=O) groups is 1. The van der Waals surface area contributed by atoms with Crippen molar-refractivity contribution in [2.75, 3.05) is 0 Å². The predicted molar refractivity (Wildman–Crippen MR) is 87.7 cm³/mol. The molecule has 1 saturated carbocycles. The Morgan fingerprint density at radius 2 is 2.09 bits per heavy atom. The van der Waals surface area contributed by atoms with E-state index in [1.165, 1.54) is 5.56 Å². The zero-order chi connectivity index (χ0) is 16.2. The summed E-state index contributed by atoms with van der Waals surface area (Å²) in [5.74, 6) is 0. The number of hydrogen-bond acceptors (Lipinski definition) is 3. The summed E-state index contributed by atoms with van der Waals surface area (Å²) in [6.45, 7) is 9.62. The first kappa shape index (κ1) is 16.9. The van der Waals surface area contributed by atoms with Crippen molar-refractivity contribution in [3.05, 3.63) is 24.0 Å². The molecule has 1 amide bonds. The highest BCUT2D eigenvalue weighted by Crippen LogP contribution is 2.20. The molecule has 1 heterocycles. The highest BCUT2D eigenvalue weighted by molar-refractivity contribution is 5.68. The number of rotatable bonds is 5. The lowest BCUT2D eigenvalue weighted by atomic mass is 10.1. The molecule has 5 heteroatoms. The summed E-state index contributed by atoms with van der Waals surface area (Å²) in [6.07, 6.45) is 7.18. The lowest BCUT2D eigenvalue weighted by Crippen LogP contribution is -2.47. The monoisotopic (exact) mass is 307 g/mol. The van der Waals surface area contributed by atoms with Crippen molar-refractivity contribution in [3.63, 3.8) is 0 Å². The molecule has 0 bridgehead atoms. The molecular weight excluding hydrogens is 278 g/mol. The zero-order valence-corrected chi connectivity index (χ0v) is 14.2. The maximum atomic E-state index is 11.9. The number of nitrogens with one attached hydrogen (secondary N) is 2. The fourth-order valence-electron chi connectivity index (χ4n) is 2.88. The Labute approximate surface area is 133 Å². The Kier molecular flexibility index (Phi) is 5.51. The first-order valence-electron chi connectivity index (χ1n) is 8.25. The van der Waals surface area contributed by atoms with E-state index in [9.17, 15) is 4.79 Å². The number of nitrogens with zero attached hydrogens (tertiary/aromatic N) is 1. The molecule has 1 aromatic heterocycles. The van der Waals surface area contributed by atoms with Crippen molar-refractivity contribution >= 4 is 6.09 Å². The van der Waals surface area contributed by atoms with Crippen LogP contribution in [0, 0.1) is 0 Å². The van der Waals surface area contributed by atoms with Crippen molar-refractivity contribution in [3.8, 4) is 0 Å². The molecule has 1 aromatic rings. The van der Waals surface area contributed by atoms with Gasteiger partial charge in [0.05, 0.1) is 0 Å². The zero-order valence-electron chi connectivity index (χ0n) is 14.2. The maximum absolute atomic E-state index is 11.9. The van der Waals surface area contributed by atoms with Crippen LogP contribution in [0.3, 0.4) is 0 Å². The van der Waals surface area contributed by atoms with Crippen LogP contribution >= 0.6 is 0 Å². The lowest BCUT2D eigenvalue weighted by molar-refractivity contribution is 0.0498. The first-order chi connectivity index (χ1) is 10.4. The van der Waals surface area contributed by atoms with Crippen molar-refractivity contribution in [1.29, 1.82) is 0 Å². The van der Waals surface area contributed by atoms with E-state index in [2.05, 4.69) is 40.6 Å². The summed E-state index contributed by atoms with van der Waals surface area (Å²) in [5.41, 5.74) is 0.832. The van der Waals surface area contributed by atoms with Gasteiger partial charge in [0.25, 0.3) is 0 Å². The van der Waals surface area contributed by atoms with E-state index in [1.54, 1.807) is 0 Å². The molecule has 0 spiro atoms. The second-order valence-electron chi connectivity index (χ2n) is 7.02. The van der Waals surface area contributed by atoms with E-state index < -0.39 is 5.60 Å². The molecule has 2 rings (SSSR count). The second-order valence-corrected chi connectivity index (χ2v) is 7.02. The van der Waals surface area contributed by atoms with Gasteiger partial charge in [-0.25, -0.2) is 4.79 Å². The summed E-state index contributed by atoms with van der Waals surface area (Å²) in [5, 5.41) is 6.58. The lowest BCUT2D eigenvalue weighted by Gasteiger charge is -2.25. The van der Waals surface area contributed by atoms with Gasteiger partial charge in [0.15, 0.2) is 0 Å². The Morgan fingerprint density at radius 3 is 2.73 bits per heavy atom. The highest BCUT2D eigenvalue weighted by atomic mass is 16.6. The van der Waals surface area contributed by atoms with Crippen LogP contribution in [0.2, 0.25) is 0 Å².